The highest BCUT2D eigenvalue weighted by Gasteiger charge is 2.37. The first-order valence-electron chi connectivity index (χ1n) is 8.34. The van der Waals surface area contributed by atoms with Crippen LogP contribution in [-0.4, -0.2) is 37.0 Å². The maximum absolute atomic E-state index is 12.3. The van der Waals surface area contributed by atoms with Crippen LogP contribution in [-0.2, 0) is 25.5 Å². The van der Waals surface area contributed by atoms with Crippen molar-refractivity contribution in [1.82, 2.24) is 5.32 Å². The molecule has 0 saturated carbocycles. The van der Waals surface area contributed by atoms with Gasteiger partial charge in [-0.25, -0.2) is 0 Å². The van der Waals surface area contributed by atoms with Crippen molar-refractivity contribution in [2.75, 3.05) is 18.0 Å². The van der Waals surface area contributed by atoms with E-state index >= 15 is 0 Å². The number of ether oxygens (including phenoxy) is 1. The van der Waals surface area contributed by atoms with Crippen molar-refractivity contribution < 1.29 is 19.1 Å². The van der Waals surface area contributed by atoms with Crippen LogP contribution in [0.25, 0.3) is 0 Å². The Kier molecular flexibility index (Phi) is 5.95. The molecule has 0 aromatic heterocycles. The van der Waals surface area contributed by atoms with Gasteiger partial charge in [-0.05, 0) is 31.9 Å². The Hall–Kier alpha value is -2.37. The standard InChI is InChI=1S/C18H24N2O4/c1-4-13-8-6-7-9-15(13)20-11-14(10-16(20)21)18(23)24-12(3)17(22)19-5-2/h6-9,12,14H,4-5,10-11H2,1-3H3,(H,19,22)/t12-,14-/m0/s1. The first-order chi connectivity index (χ1) is 11.5. The first-order valence-corrected chi connectivity index (χ1v) is 8.34. The molecule has 1 N–H and O–H groups in total. The van der Waals surface area contributed by atoms with Gasteiger partial charge in [0.15, 0.2) is 6.10 Å². The number of nitrogens with one attached hydrogen (secondary N) is 1. The summed E-state index contributed by atoms with van der Waals surface area (Å²) >= 11 is 0. The molecule has 24 heavy (non-hydrogen) atoms. The fraction of sp³-hybridized carbons (Fsp3) is 0.500. The van der Waals surface area contributed by atoms with E-state index in [1.807, 2.05) is 31.2 Å². The van der Waals surface area contributed by atoms with Gasteiger partial charge in [-0.1, -0.05) is 25.1 Å². The summed E-state index contributed by atoms with van der Waals surface area (Å²) in [5, 5.41) is 2.61. The number of para-hydroxylation sites is 1. The molecule has 1 heterocycles. The van der Waals surface area contributed by atoms with Gasteiger partial charge in [-0.3, -0.25) is 14.4 Å². The van der Waals surface area contributed by atoms with E-state index in [1.165, 1.54) is 6.92 Å². The van der Waals surface area contributed by atoms with E-state index in [2.05, 4.69) is 5.32 Å². The Bertz CT molecular complexity index is 629. The third-order valence-corrected chi connectivity index (χ3v) is 4.13. The van der Waals surface area contributed by atoms with E-state index in [0.29, 0.717) is 6.54 Å². The molecule has 0 unspecified atom stereocenters. The first kappa shape index (κ1) is 18.0. The van der Waals surface area contributed by atoms with Crippen molar-refractivity contribution >= 4 is 23.5 Å². The van der Waals surface area contributed by atoms with Gasteiger partial charge in [0.05, 0.1) is 5.92 Å². The third kappa shape index (κ3) is 3.93. The summed E-state index contributed by atoms with van der Waals surface area (Å²) in [7, 11) is 0. The average Bonchev–Trinajstić information content (AvgIpc) is 2.96. The number of likely N-dealkylation sites (N-methyl/N-ethyl adjacent to an activating group) is 1. The molecule has 1 aromatic rings. The molecule has 0 aliphatic carbocycles. The van der Waals surface area contributed by atoms with Crippen LogP contribution in [0, 0.1) is 5.92 Å². The van der Waals surface area contributed by atoms with Crippen molar-refractivity contribution in [3.63, 3.8) is 0 Å². The number of hydrogen-bond donors (Lipinski definition) is 1. The van der Waals surface area contributed by atoms with E-state index in [-0.39, 0.29) is 24.8 Å². The number of amides is 2. The summed E-state index contributed by atoms with van der Waals surface area (Å²) in [6.07, 6.45) is 0.0620. The summed E-state index contributed by atoms with van der Waals surface area (Å²) in [5.74, 6) is -1.47. The van der Waals surface area contributed by atoms with Crippen LogP contribution in [0.4, 0.5) is 5.69 Å². The number of carbonyl (C=O) groups excluding carboxylic acids is 3. The molecule has 6 heteroatoms. The lowest BCUT2D eigenvalue weighted by Crippen LogP contribution is -2.37. The highest BCUT2D eigenvalue weighted by atomic mass is 16.5. The van der Waals surface area contributed by atoms with Gasteiger partial charge in [0.2, 0.25) is 5.91 Å². The smallest absolute Gasteiger partial charge is 0.312 e. The zero-order valence-electron chi connectivity index (χ0n) is 14.4. The van der Waals surface area contributed by atoms with Crippen molar-refractivity contribution in [3.8, 4) is 0 Å². The SMILES string of the molecule is CCNC(=O)[C@H](C)OC(=O)[C@H]1CC(=O)N(c2ccccc2CC)C1. The molecule has 1 saturated heterocycles. The van der Waals surface area contributed by atoms with Crippen molar-refractivity contribution in [3.05, 3.63) is 29.8 Å². The number of rotatable bonds is 6. The summed E-state index contributed by atoms with van der Waals surface area (Å²) < 4.78 is 5.21. The zero-order valence-corrected chi connectivity index (χ0v) is 14.4. The molecule has 1 aliphatic heterocycles. The van der Waals surface area contributed by atoms with Gasteiger partial charge in [0.25, 0.3) is 5.91 Å². The number of carbonyl (C=O) groups is 3. The summed E-state index contributed by atoms with van der Waals surface area (Å²) in [4.78, 5) is 37.9. The van der Waals surface area contributed by atoms with Crippen LogP contribution in [0.5, 0.6) is 0 Å². The van der Waals surface area contributed by atoms with Crippen LogP contribution in [0.2, 0.25) is 0 Å². The third-order valence-electron chi connectivity index (χ3n) is 4.13. The Morgan fingerprint density at radius 2 is 2.04 bits per heavy atom. The van der Waals surface area contributed by atoms with Gasteiger partial charge in [0.1, 0.15) is 0 Å². The molecule has 0 radical (unpaired) electrons. The van der Waals surface area contributed by atoms with E-state index < -0.39 is 18.0 Å². The van der Waals surface area contributed by atoms with E-state index in [1.54, 1.807) is 11.8 Å². The number of anilines is 1. The predicted molar refractivity (Wildman–Crippen MR) is 90.5 cm³/mol. The monoisotopic (exact) mass is 332 g/mol. The summed E-state index contributed by atoms with van der Waals surface area (Å²) in [5.41, 5.74) is 1.91. The highest BCUT2D eigenvalue weighted by Crippen LogP contribution is 2.29. The quantitative estimate of drug-likeness (QED) is 0.804. The lowest BCUT2D eigenvalue weighted by atomic mass is 10.1. The zero-order chi connectivity index (χ0) is 17.7. The van der Waals surface area contributed by atoms with Gasteiger partial charge in [0, 0.05) is 25.2 Å². The van der Waals surface area contributed by atoms with Crippen LogP contribution in [0.15, 0.2) is 24.3 Å². The van der Waals surface area contributed by atoms with Crippen LogP contribution in [0.3, 0.4) is 0 Å². The van der Waals surface area contributed by atoms with Crippen LogP contribution in [0.1, 0.15) is 32.8 Å². The number of benzene rings is 1. The molecule has 0 spiro atoms. The van der Waals surface area contributed by atoms with Gasteiger partial charge in [-0.15, -0.1) is 0 Å². The van der Waals surface area contributed by atoms with Gasteiger partial charge >= 0.3 is 5.97 Å². The summed E-state index contributed by atoms with van der Waals surface area (Å²) in [6.45, 7) is 6.12. The maximum Gasteiger partial charge on any atom is 0.312 e. The lowest BCUT2D eigenvalue weighted by Gasteiger charge is -2.20. The number of aryl methyl sites for hydroxylation is 1. The van der Waals surface area contributed by atoms with Crippen LogP contribution >= 0.6 is 0 Å². The molecule has 1 fully saturated rings. The Balaban J connectivity index is 2.04. The van der Waals surface area contributed by atoms with Gasteiger partial charge < -0.3 is 15.0 Å². The molecule has 6 nitrogen and oxygen atoms in total. The highest BCUT2D eigenvalue weighted by molar-refractivity contribution is 6.00. The van der Waals surface area contributed by atoms with Gasteiger partial charge in [-0.2, -0.15) is 0 Å². The molecule has 1 aliphatic rings. The molecule has 130 valence electrons. The van der Waals surface area contributed by atoms with E-state index in [0.717, 1.165) is 17.7 Å². The lowest BCUT2D eigenvalue weighted by molar-refractivity contribution is -0.158. The predicted octanol–water partition coefficient (Wildman–Crippen LogP) is 1.67. The molecule has 1 aromatic carbocycles. The molecule has 0 bridgehead atoms. The van der Waals surface area contributed by atoms with Crippen molar-refractivity contribution in [1.29, 1.82) is 0 Å². The van der Waals surface area contributed by atoms with Crippen molar-refractivity contribution in [2.24, 2.45) is 5.92 Å². The summed E-state index contributed by atoms with van der Waals surface area (Å²) in [6, 6.07) is 7.68. The normalized spacial score (nSPS) is 18.4. The van der Waals surface area contributed by atoms with E-state index in [9.17, 15) is 14.4 Å². The minimum atomic E-state index is -0.857. The van der Waals surface area contributed by atoms with E-state index in [4.69, 9.17) is 4.74 Å². The number of esters is 1. The second-order valence-electron chi connectivity index (χ2n) is 5.86. The molecule has 2 atom stereocenters. The fourth-order valence-electron chi connectivity index (χ4n) is 2.81. The second kappa shape index (κ2) is 7.95. The number of nitrogens with zero attached hydrogens (tertiary/aromatic N) is 1. The molecular formula is C18H24N2O4. The Labute approximate surface area is 142 Å². The van der Waals surface area contributed by atoms with Crippen molar-refractivity contribution in [2.45, 2.75) is 39.7 Å². The molecular weight excluding hydrogens is 308 g/mol. The maximum atomic E-state index is 12.3. The fourth-order valence-corrected chi connectivity index (χ4v) is 2.81. The average molecular weight is 332 g/mol. The minimum absolute atomic E-state index is 0.0940. The van der Waals surface area contributed by atoms with Crippen LogP contribution < -0.4 is 10.2 Å². The topological polar surface area (TPSA) is 75.7 Å². The largest absolute Gasteiger partial charge is 0.452 e. The number of hydrogen-bond acceptors (Lipinski definition) is 4. The Morgan fingerprint density at radius 1 is 1.33 bits per heavy atom. The second-order valence-corrected chi connectivity index (χ2v) is 5.86. The Morgan fingerprint density at radius 3 is 2.71 bits per heavy atom. The minimum Gasteiger partial charge on any atom is -0.452 e. The molecule has 2 rings (SSSR count). The molecule has 2 amide bonds.